The van der Waals surface area contributed by atoms with Crippen LogP contribution in [-0.2, 0) is 30.4 Å². The van der Waals surface area contributed by atoms with Crippen LogP contribution in [0.3, 0.4) is 0 Å². The first-order chi connectivity index (χ1) is 17.6. The Kier molecular flexibility index (Phi) is 9.72. The van der Waals surface area contributed by atoms with E-state index >= 15 is 0 Å². The van der Waals surface area contributed by atoms with Crippen LogP contribution in [0.15, 0.2) is 107 Å². The lowest BCUT2D eigenvalue weighted by atomic mass is 9.92. The molecule has 0 spiro atoms. The van der Waals surface area contributed by atoms with E-state index in [-0.39, 0.29) is 22.3 Å². The predicted molar refractivity (Wildman–Crippen MR) is 149 cm³/mol. The van der Waals surface area contributed by atoms with Gasteiger partial charge in [-0.25, -0.2) is 0 Å². The van der Waals surface area contributed by atoms with Crippen molar-refractivity contribution in [2.45, 2.75) is 18.7 Å². The summed E-state index contributed by atoms with van der Waals surface area (Å²) in [6.07, 6.45) is 7.26. The summed E-state index contributed by atoms with van der Waals surface area (Å²) in [5, 5.41) is 0. The average Bonchev–Trinajstić information content (AvgIpc) is 2.83. The van der Waals surface area contributed by atoms with Crippen molar-refractivity contribution in [2.75, 3.05) is 0 Å². The van der Waals surface area contributed by atoms with Gasteiger partial charge in [0.25, 0.3) is 30.4 Å². The highest BCUT2D eigenvalue weighted by molar-refractivity contribution is 7.90. The zero-order valence-electron chi connectivity index (χ0n) is 20.4. The molecule has 0 saturated carbocycles. The summed E-state index contributed by atoms with van der Waals surface area (Å²) < 4.78 is 99.9. The summed E-state index contributed by atoms with van der Waals surface area (Å²) >= 11 is 0. The maximum atomic E-state index is 12.1. The molecule has 38 heavy (non-hydrogen) atoms. The van der Waals surface area contributed by atoms with E-state index in [1.54, 1.807) is 26.0 Å². The molecule has 0 aromatic heterocycles. The van der Waals surface area contributed by atoms with E-state index in [1.165, 1.54) is 42.5 Å². The van der Waals surface area contributed by atoms with Crippen molar-refractivity contribution in [1.82, 2.24) is 0 Å². The van der Waals surface area contributed by atoms with E-state index in [2.05, 4.69) is 13.2 Å². The second kappa shape index (κ2) is 12.0. The van der Waals surface area contributed by atoms with Crippen LogP contribution in [0.25, 0.3) is 22.3 Å². The molecule has 0 atom stereocenters. The van der Waals surface area contributed by atoms with Crippen molar-refractivity contribution >= 4 is 41.5 Å². The zero-order valence-corrected chi connectivity index (χ0v) is 22.9. The molecule has 0 amide bonds. The minimum atomic E-state index is -4.65. The van der Waals surface area contributed by atoms with Gasteiger partial charge in [0.05, 0.1) is 9.81 Å². The summed E-state index contributed by atoms with van der Waals surface area (Å²) in [4.78, 5) is -1.39. The normalized spacial score (nSPS) is 14.3. The molecule has 2 aromatic carbocycles. The monoisotopic (exact) mass is 578 g/mol. The van der Waals surface area contributed by atoms with Gasteiger partial charge in [-0.3, -0.25) is 13.7 Å². The summed E-state index contributed by atoms with van der Waals surface area (Å²) in [5.41, 5.74) is 1.62. The Morgan fingerprint density at radius 1 is 0.711 bits per heavy atom. The van der Waals surface area contributed by atoms with E-state index in [4.69, 9.17) is 0 Å². The van der Waals surface area contributed by atoms with Crippen LogP contribution >= 0.6 is 0 Å². The highest BCUT2D eigenvalue weighted by Gasteiger charge is 2.19. The largest absolute Gasteiger partial charge is 0.295 e. The molecule has 0 aliphatic heterocycles. The van der Waals surface area contributed by atoms with Gasteiger partial charge in [0.15, 0.2) is 0 Å². The molecule has 0 aliphatic rings. The van der Waals surface area contributed by atoms with Crippen molar-refractivity contribution in [3.63, 3.8) is 0 Å². The Bertz CT molecular complexity index is 1630. The second-order valence-electron chi connectivity index (χ2n) is 7.71. The topological polar surface area (TPSA) is 163 Å². The molecule has 0 bridgehead atoms. The summed E-state index contributed by atoms with van der Waals surface area (Å²) in [6, 6.07) is 10.2. The molecule has 2 aromatic rings. The molecule has 3 N–H and O–H groups in total. The third-order valence-corrected chi connectivity index (χ3v) is 7.96. The number of hydrogen-bond donors (Lipinski definition) is 3. The molecule has 0 heterocycles. The standard InChI is InChI=1S/C26H26O9S3/c1-5-18(16-23(7-3)36(27,28)29)20-13-21(19(6-2)17-24(8-4)37(30,31)32)15-22(14-20)25-11-9-10-12-26(25)38(33,34)35/h5-17H,3-4H2,1-2H3,(H,27,28,29)(H,30,31,32)(H,33,34,35)/b18-5+,19-6+,23-16+,24-17+. The quantitative estimate of drug-likeness (QED) is 0.250. The lowest BCUT2D eigenvalue weighted by molar-refractivity contribution is 0.482. The smallest absolute Gasteiger partial charge is 0.282 e. The first-order valence-corrected chi connectivity index (χ1v) is 15.1. The molecule has 202 valence electrons. The van der Waals surface area contributed by atoms with E-state index < -0.39 is 45.1 Å². The average molecular weight is 579 g/mol. The van der Waals surface area contributed by atoms with Gasteiger partial charge in [0.1, 0.15) is 4.90 Å². The molecular weight excluding hydrogens is 552 g/mol. The third-order valence-electron chi connectivity index (χ3n) is 5.29. The molecule has 0 unspecified atom stereocenters. The summed E-state index contributed by atoms with van der Waals surface area (Å²) in [6.45, 7) is 9.99. The Balaban J connectivity index is 3.03. The van der Waals surface area contributed by atoms with E-state index in [9.17, 15) is 38.9 Å². The predicted octanol–water partition coefficient (Wildman–Crippen LogP) is 5.32. The minimum Gasteiger partial charge on any atom is -0.282 e. The van der Waals surface area contributed by atoms with Gasteiger partial charge in [0, 0.05) is 5.56 Å². The third kappa shape index (κ3) is 7.57. The Morgan fingerprint density at radius 2 is 1.13 bits per heavy atom. The van der Waals surface area contributed by atoms with Crippen molar-refractivity contribution in [3.8, 4) is 11.1 Å². The number of rotatable bonds is 10. The van der Waals surface area contributed by atoms with Crippen molar-refractivity contribution in [2.24, 2.45) is 0 Å². The fourth-order valence-electron chi connectivity index (χ4n) is 3.50. The van der Waals surface area contributed by atoms with Gasteiger partial charge in [-0.05, 0) is 90.3 Å². The lowest BCUT2D eigenvalue weighted by Crippen LogP contribution is -2.02. The highest BCUT2D eigenvalue weighted by atomic mass is 32.2. The number of hydrogen-bond acceptors (Lipinski definition) is 6. The zero-order chi connectivity index (χ0) is 28.9. The van der Waals surface area contributed by atoms with Gasteiger partial charge < -0.3 is 0 Å². The molecular formula is C26H26O9S3. The van der Waals surface area contributed by atoms with Gasteiger partial charge in [0.2, 0.25) is 0 Å². The SMILES string of the molecule is C=C/C(=C\C(=C/C)c1cc(C(=C/C)/C=C(\C=C)S(=O)(=O)O)cc(-c2ccccc2S(=O)(=O)O)c1)S(=O)(=O)O. The Hall–Kier alpha value is -3.39. The first kappa shape index (κ1) is 30.8. The second-order valence-corrected chi connectivity index (χ2v) is 11.9. The van der Waals surface area contributed by atoms with Crippen molar-refractivity contribution in [1.29, 1.82) is 0 Å². The van der Waals surface area contributed by atoms with E-state index in [0.717, 1.165) is 24.3 Å². The van der Waals surface area contributed by atoms with Crippen molar-refractivity contribution < 1.29 is 38.9 Å². The van der Waals surface area contributed by atoms with Crippen LogP contribution in [-0.4, -0.2) is 38.9 Å². The van der Waals surface area contributed by atoms with E-state index in [1.807, 2.05) is 0 Å². The van der Waals surface area contributed by atoms with Crippen LogP contribution in [0.4, 0.5) is 0 Å². The maximum Gasteiger partial charge on any atom is 0.295 e. The van der Waals surface area contributed by atoms with Gasteiger partial charge in [-0.2, -0.15) is 25.3 Å². The van der Waals surface area contributed by atoms with Gasteiger partial charge in [-0.15, -0.1) is 0 Å². The molecule has 0 aliphatic carbocycles. The Morgan fingerprint density at radius 3 is 1.47 bits per heavy atom. The van der Waals surface area contributed by atoms with Crippen LogP contribution in [0.2, 0.25) is 0 Å². The van der Waals surface area contributed by atoms with Gasteiger partial charge >= 0.3 is 0 Å². The van der Waals surface area contributed by atoms with Crippen LogP contribution in [0.5, 0.6) is 0 Å². The maximum absolute atomic E-state index is 12.1. The molecule has 0 saturated heterocycles. The lowest BCUT2D eigenvalue weighted by Gasteiger charge is -2.14. The minimum absolute atomic E-state index is 0.106. The number of benzene rings is 2. The Labute approximate surface area is 222 Å². The van der Waals surface area contributed by atoms with Crippen molar-refractivity contribution in [3.05, 3.63) is 113 Å². The molecule has 2 rings (SSSR count). The summed E-state index contributed by atoms with van der Waals surface area (Å²) in [7, 11) is -13.9. The fraction of sp³-hybridized carbons (Fsp3) is 0.0769. The highest BCUT2D eigenvalue weighted by Crippen LogP contribution is 2.34. The first-order valence-electron chi connectivity index (χ1n) is 10.8. The molecule has 0 radical (unpaired) electrons. The van der Waals surface area contributed by atoms with E-state index in [0.29, 0.717) is 11.1 Å². The summed E-state index contributed by atoms with van der Waals surface area (Å²) in [5.74, 6) is 0. The number of allylic oxidation sites excluding steroid dienone is 8. The van der Waals surface area contributed by atoms with Crippen LogP contribution in [0.1, 0.15) is 25.0 Å². The molecule has 0 fully saturated rings. The molecule has 12 heteroatoms. The van der Waals surface area contributed by atoms with Gasteiger partial charge in [-0.1, -0.05) is 43.5 Å². The van der Waals surface area contributed by atoms with Crippen LogP contribution < -0.4 is 0 Å². The molecule has 9 nitrogen and oxygen atoms in total. The fourth-order valence-corrected chi connectivity index (χ4v) is 5.18. The van der Waals surface area contributed by atoms with Crippen LogP contribution in [0, 0.1) is 0 Å².